The minimum Gasteiger partial charge on any atom is -0.310 e. The Kier molecular flexibility index (Phi) is 5.59. The lowest BCUT2D eigenvalue weighted by Crippen LogP contribution is -2.43. The van der Waals surface area contributed by atoms with E-state index >= 15 is 0 Å². The van der Waals surface area contributed by atoms with Crippen molar-refractivity contribution in [2.24, 2.45) is 0 Å². The van der Waals surface area contributed by atoms with E-state index in [0.29, 0.717) is 0 Å². The molecule has 96 valence electrons. The van der Waals surface area contributed by atoms with Crippen molar-refractivity contribution in [3.8, 4) is 0 Å². The van der Waals surface area contributed by atoms with Crippen molar-refractivity contribution in [2.45, 2.75) is 39.3 Å². The van der Waals surface area contributed by atoms with Gasteiger partial charge in [0.1, 0.15) is 0 Å². The molecule has 0 saturated carbocycles. The highest BCUT2D eigenvalue weighted by atomic mass is 15.2. The summed E-state index contributed by atoms with van der Waals surface area (Å²) in [5.41, 5.74) is 1.39. The van der Waals surface area contributed by atoms with Crippen molar-refractivity contribution < 1.29 is 0 Å². The molecule has 0 radical (unpaired) electrons. The Morgan fingerprint density at radius 1 is 1.35 bits per heavy atom. The molecule has 0 aromatic carbocycles. The first kappa shape index (κ1) is 14.1. The van der Waals surface area contributed by atoms with E-state index in [0.717, 1.165) is 25.3 Å². The largest absolute Gasteiger partial charge is 0.310 e. The Bertz CT molecular complexity index is 309. The first-order valence-electron chi connectivity index (χ1n) is 6.38. The predicted octanol–water partition coefficient (Wildman–Crippen LogP) is 2.29. The lowest BCUT2D eigenvalue weighted by molar-refractivity contribution is 0.152. The van der Waals surface area contributed by atoms with Crippen LogP contribution in [0.4, 0.5) is 0 Å². The van der Waals surface area contributed by atoms with Gasteiger partial charge in [0.25, 0.3) is 0 Å². The molecule has 0 aliphatic heterocycles. The van der Waals surface area contributed by atoms with Crippen LogP contribution in [-0.4, -0.2) is 35.6 Å². The molecule has 3 nitrogen and oxygen atoms in total. The summed E-state index contributed by atoms with van der Waals surface area (Å²) < 4.78 is 0. The van der Waals surface area contributed by atoms with Gasteiger partial charge in [0, 0.05) is 31.4 Å². The van der Waals surface area contributed by atoms with E-state index in [1.165, 1.54) is 6.42 Å². The van der Waals surface area contributed by atoms with Gasteiger partial charge >= 0.3 is 0 Å². The molecule has 3 heteroatoms. The Morgan fingerprint density at radius 2 is 2.12 bits per heavy atom. The van der Waals surface area contributed by atoms with Crippen molar-refractivity contribution >= 4 is 0 Å². The van der Waals surface area contributed by atoms with Crippen molar-refractivity contribution in [1.29, 1.82) is 0 Å². The lowest BCUT2D eigenvalue weighted by atomic mass is 10.0. The number of likely N-dealkylation sites (N-methyl/N-ethyl adjacent to an activating group) is 1. The van der Waals surface area contributed by atoms with Gasteiger partial charge in [-0.3, -0.25) is 9.88 Å². The van der Waals surface area contributed by atoms with Crippen molar-refractivity contribution in [3.05, 3.63) is 30.1 Å². The highest BCUT2D eigenvalue weighted by molar-refractivity contribution is 5.02. The number of pyridine rings is 1. The van der Waals surface area contributed by atoms with Gasteiger partial charge in [-0.1, -0.05) is 13.0 Å². The molecule has 0 spiro atoms. The topological polar surface area (TPSA) is 28.2 Å². The second-order valence-corrected chi connectivity index (χ2v) is 5.09. The fraction of sp³-hybridized carbons (Fsp3) is 0.643. The van der Waals surface area contributed by atoms with Gasteiger partial charge in [-0.05, 0) is 39.4 Å². The van der Waals surface area contributed by atoms with E-state index in [-0.39, 0.29) is 5.54 Å². The number of nitrogens with zero attached hydrogens (tertiary/aromatic N) is 2. The summed E-state index contributed by atoms with van der Waals surface area (Å²) in [6, 6.07) is 6.02. The van der Waals surface area contributed by atoms with Gasteiger partial charge in [0.15, 0.2) is 0 Å². The fourth-order valence-corrected chi connectivity index (χ4v) is 1.54. The van der Waals surface area contributed by atoms with Gasteiger partial charge in [-0.25, -0.2) is 0 Å². The molecule has 1 aromatic rings. The van der Waals surface area contributed by atoms with Crippen molar-refractivity contribution in [2.75, 3.05) is 20.1 Å². The monoisotopic (exact) mass is 235 g/mol. The van der Waals surface area contributed by atoms with Crippen molar-refractivity contribution in [3.63, 3.8) is 0 Å². The normalized spacial score (nSPS) is 12.1. The molecule has 0 bridgehead atoms. The smallest absolute Gasteiger partial charge is 0.0541 e. The van der Waals surface area contributed by atoms with Gasteiger partial charge in [-0.2, -0.15) is 0 Å². The number of aromatic nitrogens is 1. The molecule has 0 fully saturated rings. The minimum atomic E-state index is 0.284. The zero-order valence-corrected chi connectivity index (χ0v) is 11.5. The van der Waals surface area contributed by atoms with Crippen LogP contribution in [0.25, 0.3) is 0 Å². The third kappa shape index (κ3) is 4.84. The Labute approximate surface area is 105 Å². The molecular weight excluding hydrogens is 210 g/mol. The second-order valence-electron chi connectivity index (χ2n) is 5.09. The standard InChI is InChI=1S/C14H25N3/c1-5-14(2,3)17(4)11-10-15-12-13-8-6-7-9-16-13/h6-9,15H,5,10-12H2,1-4H3. The highest BCUT2D eigenvalue weighted by Crippen LogP contribution is 2.15. The van der Waals surface area contributed by atoms with Crippen LogP contribution in [0, 0.1) is 0 Å². The maximum absolute atomic E-state index is 4.28. The zero-order valence-electron chi connectivity index (χ0n) is 11.5. The molecule has 0 unspecified atom stereocenters. The molecule has 0 amide bonds. The third-order valence-corrected chi connectivity index (χ3v) is 3.55. The maximum atomic E-state index is 4.28. The number of rotatable bonds is 7. The van der Waals surface area contributed by atoms with Crippen LogP contribution in [-0.2, 0) is 6.54 Å². The summed E-state index contributed by atoms with van der Waals surface area (Å²) in [5.74, 6) is 0. The van der Waals surface area contributed by atoms with E-state index in [9.17, 15) is 0 Å². The molecule has 0 atom stereocenters. The van der Waals surface area contributed by atoms with Crippen LogP contribution in [0.2, 0.25) is 0 Å². The average Bonchev–Trinajstić information content (AvgIpc) is 2.35. The van der Waals surface area contributed by atoms with Gasteiger partial charge in [0.05, 0.1) is 5.69 Å². The number of hydrogen-bond acceptors (Lipinski definition) is 3. The van der Waals surface area contributed by atoms with Gasteiger partial charge < -0.3 is 5.32 Å². The Balaban J connectivity index is 2.21. The predicted molar refractivity (Wildman–Crippen MR) is 72.9 cm³/mol. The average molecular weight is 235 g/mol. The minimum absolute atomic E-state index is 0.284. The van der Waals surface area contributed by atoms with Gasteiger partial charge in [-0.15, -0.1) is 0 Å². The molecule has 0 saturated heterocycles. The van der Waals surface area contributed by atoms with E-state index in [2.05, 4.69) is 43.0 Å². The highest BCUT2D eigenvalue weighted by Gasteiger charge is 2.19. The van der Waals surface area contributed by atoms with Crippen LogP contribution >= 0.6 is 0 Å². The van der Waals surface area contributed by atoms with Crippen molar-refractivity contribution in [1.82, 2.24) is 15.2 Å². The molecule has 1 heterocycles. The van der Waals surface area contributed by atoms with E-state index in [4.69, 9.17) is 0 Å². The summed E-state index contributed by atoms with van der Waals surface area (Å²) in [6.45, 7) is 9.71. The summed E-state index contributed by atoms with van der Waals surface area (Å²) in [4.78, 5) is 6.69. The van der Waals surface area contributed by atoms with E-state index in [1.807, 2.05) is 24.4 Å². The lowest BCUT2D eigenvalue weighted by Gasteiger charge is -2.34. The molecule has 17 heavy (non-hydrogen) atoms. The summed E-state index contributed by atoms with van der Waals surface area (Å²) in [7, 11) is 2.19. The molecule has 1 aromatic heterocycles. The zero-order chi connectivity index (χ0) is 12.7. The van der Waals surface area contributed by atoms with Crippen LogP contribution in [0.15, 0.2) is 24.4 Å². The molecule has 1 N–H and O–H groups in total. The van der Waals surface area contributed by atoms with Gasteiger partial charge in [0.2, 0.25) is 0 Å². The first-order chi connectivity index (χ1) is 8.06. The van der Waals surface area contributed by atoms with Crippen LogP contribution in [0.5, 0.6) is 0 Å². The fourth-order valence-electron chi connectivity index (χ4n) is 1.54. The van der Waals surface area contributed by atoms with E-state index < -0.39 is 0 Å². The molecule has 0 aliphatic rings. The summed E-state index contributed by atoms with van der Waals surface area (Å²) >= 11 is 0. The van der Waals surface area contributed by atoms with Crippen LogP contribution < -0.4 is 5.32 Å². The quantitative estimate of drug-likeness (QED) is 0.735. The van der Waals surface area contributed by atoms with E-state index in [1.54, 1.807) is 0 Å². The molecule has 1 rings (SSSR count). The first-order valence-corrected chi connectivity index (χ1v) is 6.38. The SMILES string of the molecule is CCC(C)(C)N(C)CCNCc1ccccn1. The summed E-state index contributed by atoms with van der Waals surface area (Å²) in [6.07, 6.45) is 3.01. The number of nitrogens with one attached hydrogen (secondary N) is 1. The second kappa shape index (κ2) is 6.72. The van der Waals surface area contributed by atoms with Crippen LogP contribution in [0.3, 0.4) is 0 Å². The number of hydrogen-bond donors (Lipinski definition) is 1. The molecule has 0 aliphatic carbocycles. The Hall–Kier alpha value is -0.930. The van der Waals surface area contributed by atoms with Crippen LogP contribution in [0.1, 0.15) is 32.9 Å². The summed E-state index contributed by atoms with van der Waals surface area (Å²) in [5, 5.41) is 3.42. The molecular formula is C14H25N3. The Morgan fingerprint density at radius 3 is 2.71 bits per heavy atom. The third-order valence-electron chi connectivity index (χ3n) is 3.55. The maximum Gasteiger partial charge on any atom is 0.0541 e.